The second-order valence-corrected chi connectivity index (χ2v) is 8.05. The average molecular weight is 461 g/mol. The number of nitrogens with zero attached hydrogens (tertiary/aromatic N) is 3. The van der Waals surface area contributed by atoms with Crippen molar-refractivity contribution in [3.05, 3.63) is 58.6 Å². The topological polar surface area (TPSA) is 69.0 Å². The molecule has 3 aromatic rings. The van der Waals surface area contributed by atoms with E-state index in [1.807, 2.05) is 67.1 Å². The van der Waals surface area contributed by atoms with Gasteiger partial charge in [0.1, 0.15) is 5.75 Å². The number of hydrogen-bond acceptors (Lipinski definition) is 5. The van der Waals surface area contributed by atoms with Crippen LogP contribution >= 0.6 is 27.7 Å². The summed E-state index contributed by atoms with van der Waals surface area (Å²) in [7, 11) is 3.51. The van der Waals surface area contributed by atoms with Crippen molar-refractivity contribution >= 4 is 33.6 Å². The van der Waals surface area contributed by atoms with E-state index in [9.17, 15) is 4.79 Å². The molecule has 1 N–H and O–H groups in total. The highest BCUT2D eigenvalue weighted by atomic mass is 79.9. The molecule has 2 aromatic carbocycles. The fourth-order valence-corrected chi connectivity index (χ4v) is 3.74. The minimum atomic E-state index is -0.0650. The number of carbonyl (C=O) groups excluding carboxylic acids is 1. The zero-order chi connectivity index (χ0) is 20.1. The van der Waals surface area contributed by atoms with Crippen molar-refractivity contribution in [2.45, 2.75) is 18.1 Å². The van der Waals surface area contributed by atoms with E-state index in [4.69, 9.17) is 4.74 Å². The zero-order valence-electron chi connectivity index (χ0n) is 15.8. The predicted octanol–water partition coefficient (Wildman–Crippen LogP) is 4.22. The van der Waals surface area contributed by atoms with Gasteiger partial charge in [0.15, 0.2) is 11.0 Å². The lowest BCUT2D eigenvalue weighted by Gasteiger charge is -2.14. The summed E-state index contributed by atoms with van der Waals surface area (Å²) in [5.74, 6) is 1.64. The van der Waals surface area contributed by atoms with Crippen LogP contribution in [-0.4, -0.2) is 33.5 Å². The van der Waals surface area contributed by atoms with E-state index < -0.39 is 0 Å². The Morgan fingerprint density at radius 2 is 1.93 bits per heavy atom. The molecular weight excluding hydrogens is 440 g/mol. The molecule has 0 fully saturated rings. The molecule has 8 heteroatoms. The first-order chi connectivity index (χ1) is 13.5. The van der Waals surface area contributed by atoms with Crippen LogP contribution in [0.15, 0.2) is 58.2 Å². The lowest BCUT2D eigenvalue weighted by Crippen LogP contribution is -2.28. The van der Waals surface area contributed by atoms with Crippen molar-refractivity contribution in [3.63, 3.8) is 0 Å². The Bertz CT molecular complexity index is 959. The van der Waals surface area contributed by atoms with Crippen molar-refractivity contribution in [1.29, 1.82) is 0 Å². The summed E-state index contributed by atoms with van der Waals surface area (Å²) in [5, 5.41) is 12.2. The summed E-state index contributed by atoms with van der Waals surface area (Å²) in [6.07, 6.45) is 0. The Kier molecular flexibility index (Phi) is 6.74. The van der Waals surface area contributed by atoms with E-state index >= 15 is 0 Å². The van der Waals surface area contributed by atoms with E-state index in [1.165, 1.54) is 11.8 Å². The molecule has 0 saturated heterocycles. The number of para-hydroxylation sites is 1. The minimum Gasteiger partial charge on any atom is -0.496 e. The summed E-state index contributed by atoms with van der Waals surface area (Å²) in [6.45, 7) is 1.97. The molecule has 6 nitrogen and oxygen atoms in total. The van der Waals surface area contributed by atoms with Crippen LogP contribution in [0.1, 0.15) is 18.5 Å². The third-order valence-corrected chi connectivity index (χ3v) is 5.81. The summed E-state index contributed by atoms with van der Waals surface area (Å²) >= 11 is 4.77. The van der Waals surface area contributed by atoms with Crippen LogP contribution in [0.25, 0.3) is 11.4 Å². The lowest BCUT2D eigenvalue weighted by molar-refractivity contribution is -0.119. The molecule has 0 aliphatic heterocycles. The van der Waals surface area contributed by atoms with Crippen LogP contribution in [0.5, 0.6) is 5.75 Å². The first kappa shape index (κ1) is 20.4. The second kappa shape index (κ2) is 9.25. The number of amides is 1. The van der Waals surface area contributed by atoms with Gasteiger partial charge in [0.25, 0.3) is 0 Å². The van der Waals surface area contributed by atoms with Crippen LogP contribution in [0.3, 0.4) is 0 Å². The van der Waals surface area contributed by atoms with E-state index in [0.29, 0.717) is 11.0 Å². The second-order valence-electron chi connectivity index (χ2n) is 6.19. The average Bonchev–Trinajstić information content (AvgIpc) is 3.07. The highest BCUT2D eigenvalue weighted by Gasteiger charge is 2.16. The third-order valence-electron chi connectivity index (χ3n) is 4.26. The Balaban J connectivity index is 1.63. The highest BCUT2D eigenvalue weighted by molar-refractivity contribution is 9.10. The number of hydrogen-bond donors (Lipinski definition) is 1. The van der Waals surface area contributed by atoms with Gasteiger partial charge in [-0.05, 0) is 36.8 Å². The largest absolute Gasteiger partial charge is 0.496 e. The number of benzene rings is 2. The normalized spacial score (nSPS) is 11.9. The monoisotopic (exact) mass is 460 g/mol. The number of nitrogens with one attached hydrogen (secondary N) is 1. The molecule has 0 saturated carbocycles. The van der Waals surface area contributed by atoms with Gasteiger partial charge in [-0.1, -0.05) is 52.0 Å². The number of rotatable bonds is 7. The van der Waals surface area contributed by atoms with Gasteiger partial charge < -0.3 is 14.6 Å². The van der Waals surface area contributed by atoms with Crippen molar-refractivity contribution < 1.29 is 9.53 Å². The van der Waals surface area contributed by atoms with E-state index in [1.54, 1.807) is 7.11 Å². The summed E-state index contributed by atoms with van der Waals surface area (Å²) in [6, 6.07) is 15.5. The van der Waals surface area contributed by atoms with Crippen LogP contribution in [-0.2, 0) is 11.8 Å². The molecule has 146 valence electrons. The molecule has 0 aliphatic carbocycles. The van der Waals surface area contributed by atoms with Gasteiger partial charge in [-0.25, -0.2) is 0 Å². The Hall–Kier alpha value is -2.32. The quantitative estimate of drug-likeness (QED) is 0.534. The van der Waals surface area contributed by atoms with Crippen molar-refractivity contribution in [1.82, 2.24) is 20.1 Å². The van der Waals surface area contributed by atoms with E-state index in [-0.39, 0.29) is 17.7 Å². The molecule has 0 bridgehead atoms. The van der Waals surface area contributed by atoms with Gasteiger partial charge in [0.2, 0.25) is 5.91 Å². The molecular formula is C20H21BrN4O2S. The molecule has 1 heterocycles. The fraction of sp³-hybridized carbons (Fsp3) is 0.250. The molecule has 1 atom stereocenters. The standard InChI is InChI=1S/C20H21BrN4O2S/c1-13(14-8-10-15(21)11-9-14)22-18(26)12-28-20-24-23-19(25(20)2)16-6-4-5-7-17(16)27-3/h4-11,13H,12H2,1-3H3,(H,22,26). The first-order valence-corrected chi connectivity index (χ1v) is 10.5. The first-order valence-electron chi connectivity index (χ1n) is 8.70. The Labute approximate surface area is 176 Å². The van der Waals surface area contributed by atoms with Gasteiger partial charge >= 0.3 is 0 Å². The van der Waals surface area contributed by atoms with Crippen molar-refractivity contribution in [3.8, 4) is 17.1 Å². The SMILES string of the molecule is COc1ccccc1-c1nnc(SCC(=O)NC(C)c2ccc(Br)cc2)n1C. The van der Waals surface area contributed by atoms with Gasteiger partial charge in [-0.2, -0.15) is 0 Å². The maximum absolute atomic E-state index is 12.3. The van der Waals surface area contributed by atoms with Gasteiger partial charge in [-0.3, -0.25) is 4.79 Å². The smallest absolute Gasteiger partial charge is 0.230 e. The summed E-state index contributed by atoms with van der Waals surface area (Å²) < 4.78 is 8.28. The Morgan fingerprint density at radius 1 is 1.21 bits per heavy atom. The summed E-state index contributed by atoms with van der Waals surface area (Å²) in [5.41, 5.74) is 1.92. The number of methoxy groups -OCH3 is 1. The van der Waals surface area contributed by atoms with Gasteiger partial charge in [-0.15, -0.1) is 10.2 Å². The summed E-state index contributed by atoms with van der Waals surface area (Å²) in [4.78, 5) is 12.3. The zero-order valence-corrected chi connectivity index (χ0v) is 18.3. The third kappa shape index (κ3) is 4.74. The van der Waals surface area contributed by atoms with Crippen LogP contribution in [0.4, 0.5) is 0 Å². The molecule has 0 aliphatic rings. The van der Waals surface area contributed by atoms with Gasteiger partial charge in [0, 0.05) is 11.5 Å². The number of carbonyl (C=O) groups is 1. The molecule has 1 amide bonds. The van der Waals surface area contributed by atoms with Crippen LogP contribution in [0, 0.1) is 0 Å². The molecule has 1 unspecified atom stereocenters. The number of halogens is 1. The molecule has 0 radical (unpaired) electrons. The molecule has 1 aromatic heterocycles. The fourth-order valence-electron chi connectivity index (χ4n) is 2.75. The Morgan fingerprint density at radius 3 is 2.64 bits per heavy atom. The van der Waals surface area contributed by atoms with E-state index in [0.717, 1.165) is 21.3 Å². The number of ether oxygens (including phenoxy) is 1. The van der Waals surface area contributed by atoms with Crippen molar-refractivity contribution in [2.24, 2.45) is 7.05 Å². The van der Waals surface area contributed by atoms with Crippen molar-refractivity contribution in [2.75, 3.05) is 12.9 Å². The van der Waals surface area contributed by atoms with Crippen LogP contribution in [0.2, 0.25) is 0 Å². The van der Waals surface area contributed by atoms with Gasteiger partial charge in [0.05, 0.1) is 24.5 Å². The highest BCUT2D eigenvalue weighted by Crippen LogP contribution is 2.30. The van der Waals surface area contributed by atoms with E-state index in [2.05, 4.69) is 31.4 Å². The maximum atomic E-state index is 12.3. The molecule has 0 spiro atoms. The number of aromatic nitrogens is 3. The minimum absolute atomic E-state index is 0.0535. The number of thioether (sulfide) groups is 1. The maximum Gasteiger partial charge on any atom is 0.230 e. The molecule has 28 heavy (non-hydrogen) atoms. The van der Waals surface area contributed by atoms with Crippen LogP contribution < -0.4 is 10.1 Å². The molecule has 3 rings (SSSR count). The predicted molar refractivity (Wildman–Crippen MR) is 114 cm³/mol. The lowest BCUT2D eigenvalue weighted by atomic mass is 10.1.